The standard InChI is InChI=1S/C29H25NO4S/c1-19(20-5-3-2-4-6-20)34-28(33)30-26-25(15-18-35-26)23-9-7-21(8-10-23)22-11-13-24(14-12-22)29(16-17-29)27(31)32/h2-15,18-19H,16-17H2,1H3,(H,30,33)(H,31,32)/t19-/m1/s1. The minimum atomic E-state index is -0.742. The Morgan fingerprint density at radius 1 is 0.886 bits per heavy atom. The molecule has 35 heavy (non-hydrogen) atoms. The topological polar surface area (TPSA) is 75.6 Å². The van der Waals surface area contributed by atoms with Gasteiger partial charge in [0, 0.05) is 5.56 Å². The molecule has 0 unspecified atom stereocenters. The molecule has 1 heterocycles. The van der Waals surface area contributed by atoms with Crippen LogP contribution in [0, 0.1) is 0 Å². The lowest BCUT2D eigenvalue weighted by Gasteiger charge is -2.14. The fraction of sp³-hybridized carbons (Fsp3) is 0.172. The SMILES string of the molecule is C[C@@H](OC(=O)Nc1sccc1-c1ccc(-c2ccc(C3(C(=O)O)CC3)cc2)cc1)c1ccccc1. The van der Waals surface area contributed by atoms with Crippen LogP contribution in [-0.4, -0.2) is 17.2 Å². The summed E-state index contributed by atoms with van der Waals surface area (Å²) in [5.74, 6) is -0.742. The van der Waals surface area contributed by atoms with Crippen LogP contribution in [0.1, 0.15) is 37.0 Å². The number of hydrogen-bond donors (Lipinski definition) is 2. The molecular formula is C29H25NO4S. The van der Waals surface area contributed by atoms with Crippen molar-refractivity contribution in [3.63, 3.8) is 0 Å². The van der Waals surface area contributed by atoms with Gasteiger partial charge in [-0.3, -0.25) is 10.1 Å². The Labute approximate surface area is 208 Å². The quantitative estimate of drug-likeness (QED) is 0.285. The molecule has 1 aliphatic carbocycles. The van der Waals surface area contributed by atoms with Crippen molar-refractivity contribution in [1.82, 2.24) is 0 Å². The van der Waals surface area contributed by atoms with E-state index in [4.69, 9.17) is 4.74 Å². The predicted molar refractivity (Wildman–Crippen MR) is 139 cm³/mol. The fourth-order valence-corrected chi connectivity index (χ4v) is 5.08. The highest BCUT2D eigenvalue weighted by Gasteiger charge is 2.51. The third kappa shape index (κ3) is 4.70. The highest BCUT2D eigenvalue weighted by molar-refractivity contribution is 7.15. The van der Waals surface area contributed by atoms with Gasteiger partial charge < -0.3 is 9.84 Å². The van der Waals surface area contributed by atoms with Gasteiger partial charge in [-0.2, -0.15) is 0 Å². The van der Waals surface area contributed by atoms with Gasteiger partial charge in [0.05, 0.1) is 5.41 Å². The number of ether oxygens (including phenoxy) is 1. The average molecular weight is 484 g/mol. The van der Waals surface area contributed by atoms with Gasteiger partial charge in [-0.15, -0.1) is 11.3 Å². The van der Waals surface area contributed by atoms with E-state index in [2.05, 4.69) is 5.32 Å². The van der Waals surface area contributed by atoms with Crippen LogP contribution in [0.3, 0.4) is 0 Å². The van der Waals surface area contributed by atoms with Crippen LogP contribution in [0.15, 0.2) is 90.3 Å². The molecule has 1 aromatic heterocycles. The van der Waals surface area contributed by atoms with Crippen molar-refractivity contribution in [1.29, 1.82) is 0 Å². The van der Waals surface area contributed by atoms with Gasteiger partial charge in [0.2, 0.25) is 0 Å². The highest BCUT2D eigenvalue weighted by atomic mass is 32.1. The number of carbonyl (C=O) groups excluding carboxylic acids is 1. The maximum absolute atomic E-state index is 12.5. The number of carbonyl (C=O) groups is 2. The van der Waals surface area contributed by atoms with Gasteiger partial charge in [-0.1, -0.05) is 78.9 Å². The van der Waals surface area contributed by atoms with E-state index in [0.29, 0.717) is 12.8 Å². The summed E-state index contributed by atoms with van der Waals surface area (Å²) < 4.78 is 5.55. The van der Waals surface area contributed by atoms with Gasteiger partial charge in [-0.05, 0) is 59.0 Å². The molecule has 0 radical (unpaired) electrons. The Morgan fingerprint density at radius 3 is 2.09 bits per heavy atom. The van der Waals surface area contributed by atoms with Crippen LogP contribution in [0.5, 0.6) is 0 Å². The summed E-state index contributed by atoms with van der Waals surface area (Å²) in [4.78, 5) is 24.1. The van der Waals surface area contributed by atoms with Crippen LogP contribution < -0.4 is 5.32 Å². The third-order valence-corrected chi connectivity index (χ3v) is 7.39. The maximum Gasteiger partial charge on any atom is 0.412 e. The second kappa shape index (κ2) is 9.39. The maximum atomic E-state index is 12.5. The molecule has 5 nitrogen and oxygen atoms in total. The average Bonchev–Trinajstić information content (AvgIpc) is 3.58. The lowest BCUT2D eigenvalue weighted by Crippen LogP contribution is -2.19. The number of carboxylic acids is 1. The highest BCUT2D eigenvalue weighted by Crippen LogP contribution is 2.48. The summed E-state index contributed by atoms with van der Waals surface area (Å²) in [6.45, 7) is 1.85. The summed E-state index contributed by atoms with van der Waals surface area (Å²) in [5.41, 5.74) is 5.11. The van der Waals surface area contributed by atoms with E-state index in [1.165, 1.54) is 11.3 Å². The van der Waals surface area contributed by atoms with Crippen molar-refractivity contribution >= 4 is 28.4 Å². The molecule has 0 spiro atoms. The van der Waals surface area contributed by atoms with Crippen molar-refractivity contribution < 1.29 is 19.4 Å². The van der Waals surface area contributed by atoms with Crippen molar-refractivity contribution in [3.8, 4) is 22.3 Å². The molecule has 176 valence electrons. The van der Waals surface area contributed by atoms with E-state index in [9.17, 15) is 14.7 Å². The molecule has 1 amide bonds. The number of rotatable bonds is 7. The van der Waals surface area contributed by atoms with Gasteiger partial charge in [0.25, 0.3) is 0 Å². The van der Waals surface area contributed by atoms with Crippen molar-refractivity contribution in [2.24, 2.45) is 0 Å². The minimum absolute atomic E-state index is 0.351. The van der Waals surface area contributed by atoms with Crippen LogP contribution >= 0.6 is 11.3 Å². The fourth-order valence-electron chi connectivity index (χ4n) is 4.28. The zero-order valence-corrected chi connectivity index (χ0v) is 20.0. The van der Waals surface area contributed by atoms with Crippen LogP contribution in [0.4, 0.5) is 9.80 Å². The van der Waals surface area contributed by atoms with E-state index in [-0.39, 0.29) is 6.10 Å². The molecule has 0 bridgehead atoms. The molecule has 1 aliphatic rings. The number of amides is 1. The lowest BCUT2D eigenvalue weighted by molar-refractivity contribution is -0.140. The van der Waals surface area contributed by atoms with E-state index in [1.54, 1.807) is 0 Å². The Kier molecular flexibility index (Phi) is 6.14. The van der Waals surface area contributed by atoms with Crippen molar-refractivity contribution in [2.75, 3.05) is 5.32 Å². The summed E-state index contributed by atoms with van der Waals surface area (Å²) in [6.07, 6.45) is 0.560. The second-order valence-electron chi connectivity index (χ2n) is 8.79. The number of aliphatic carboxylic acids is 1. The van der Waals surface area contributed by atoms with Gasteiger partial charge in [0.1, 0.15) is 11.1 Å². The molecule has 4 aromatic rings. The molecular weight excluding hydrogens is 458 g/mol. The lowest BCUT2D eigenvalue weighted by atomic mass is 9.93. The molecule has 1 saturated carbocycles. The monoisotopic (exact) mass is 483 g/mol. The smallest absolute Gasteiger partial charge is 0.412 e. The van der Waals surface area contributed by atoms with E-state index >= 15 is 0 Å². The first-order valence-electron chi connectivity index (χ1n) is 11.5. The molecule has 1 atom stereocenters. The number of anilines is 1. The van der Waals surface area contributed by atoms with E-state index in [1.807, 2.05) is 97.2 Å². The number of nitrogens with one attached hydrogen (secondary N) is 1. The molecule has 3 aromatic carbocycles. The summed E-state index contributed by atoms with van der Waals surface area (Å²) >= 11 is 1.45. The van der Waals surface area contributed by atoms with Crippen molar-refractivity contribution in [3.05, 3.63) is 101 Å². The molecule has 5 rings (SSSR count). The summed E-state index contributed by atoms with van der Waals surface area (Å²) in [6, 6.07) is 27.5. The minimum Gasteiger partial charge on any atom is -0.481 e. The number of benzene rings is 3. The summed E-state index contributed by atoms with van der Waals surface area (Å²) in [7, 11) is 0. The Hall–Kier alpha value is -3.90. The number of thiophene rings is 1. The Bertz CT molecular complexity index is 1340. The number of carboxylic acid groups (broad SMARTS) is 1. The predicted octanol–water partition coefficient (Wildman–Crippen LogP) is 7.51. The van der Waals surface area contributed by atoms with Crippen molar-refractivity contribution in [2.45, 2.75) is 31.3 Å². The zero-order chi connectivity index (χ0) is 24.4. The second-order valence-corrected chi connectivity index (χ2v) is 9.70. The van der Waals surface area contributed by atoms with Crippen LogP contribution in [0.2, 0.25) is 0 Å². The van der Waals surface area contributed by atoms with E-state index in [0.717, 1.165) is 38.4 Å². The normalized spacial score (nSPS) is 14.7. The van der Waals surface area contributed by atoms with Crippen LogP contribution in [-0.2, 0) is 14.9 Å². The van der Waals surface area contributed by atoms with Gasteiger partial charge in [0.15, 0.2) is 0 Å². The first-order chi connectivity index (χ1) is 17.0. The molecule has 0 saturated heterocycles. The third-order valence-electron chi connectivity index (χ3n) is 6.56. The van der Waals surface area contributed by atoms with Gasteiger partial charge >= 0.3 is 12.1 Å². The molecule has 0 aliphatic heterocycles. The van der Waals surface area contributed by atoms with Crippen LogP contribution in [0.25, 0.3) is 22.3 Å². The first kappa shape index (κ1) is 22.9. The largest absolute Gasteiger partial charge is 0.481 e. The van der Waals surface area contributed by atoms with Gasteiger partial charge in [-0.25, -0.2) is 4.79 Å². The molecule has 1 fully saturated rings. The summed E-state index contributed by atoms with van der Waals surface area (Å²) in [5, 5.41) is 15.1. The Morgan fingerprint density at radius 2 is 1.49 bits per heavy atom. The molecule has 6 heteroatoms. The van der Waals surface area contributed by atoms with E-state index < -0.39 is 17.5 Å². The molecule has 2 N–H and O–H groups in total. The first-order valence-corrected chi connectivity index (χ1v) is 12.4. The zero-order valence-electron chi connectivity index (χ0n) is 19.2. The Balaban J connectivity index is 1.27. The number of hydrogen-bond acceptors (Lipinski definition) is 4.